The molecule has 1 aromatic rings. The fourth-order valence-electron chi connectivity index (χ4n) is 3.45. The third-order valence-electron chi connectivity index (χ3n) is 4.90. The second-order valence-electron chi connectivity index (χ2n) is 8.03. The number of thioether (sulfide) groups is 1. The monoisotopic (exact) mass is 526 g/mol. The van der Waals surface area contributed by atoms with Crippen molar-refractivity contribution in [3.8, 4) is 0 Å². The van der Waals surface area contributed by atoms with Gasteiger partial charge < -0.3 is 33.8 Å². The molecule has 1 aromatic carbocycles. The third kappa shape index (κ3) is 8.12. The topological polar surface area (TPSA) is 150 Å². The number of nitrogens with zero attached hydrogens (tertiary/aromatic N) is 2. The van der Waals surface area contributed by atoms with Gasteiger partial charge in [-0.25, -0.2) is 0 Å². The minimum atomic E-state index is -1.31. The molecule has 12 nitrogen and oxygen atoms in total. The molecular weight excluding hydrogens is 496 g/mol. The summed E-state index contributed by atoms with van der Waals surface area (Å²) >= 11 is 0.888. The number of carbonyl (C=O) groups excluding carboxylic acids is 4. The molecule has 0 aromatic heterocycles. The molecule has 1 aliphatic heterocycles. The predicted molar refractivity (Wildman–Crippen MR) is 129 cm³/mol. The molecule has 0 saturated carbocycles. The van der Waals surface area contributed by atoms with Gasteiger partial charge in [0.2, 0.25) is 0 Å². The first-order chi connectivity index (χ1) is 16.9. The molecular formula is C23H30N2O10S. The van der Waals surface area contributed by atoms with Crippen LogP contribution in [0.2, 0.25) is 0 Å². The summed E-state index contributed by atoms with van der Waals surface area (Å²) in [7, 11) is 3.75. The number of rotatable bonds is 8. The van der Waals surface area contributed by atoms with E-state index in [2.05, 4.69) is 5.16 Å². The van der Waals surface area contributed by atoms with Crippen LogP contribution >= 0.6 is 11.8 Å². The maximum atomic E-state index is 12.0. The zero-order valence-corrected chi connectivity index (χ0v) is 21.6. The smallest absolute Gasteiger partial charge is 0.303 e. The van der Waals surface area contributed by atoms with Gasteiger partial charge in [0.15, 0.2) is 23.7 Å². The van der Waals surface area contributed by atoms with Crippen molar-refractivity contribution in [1.82, 2.24) is 0 Å². The Morgan fingerprint density at radius 2 is 1.42 bits per heavy atom. The lowest BCUT2D eigenvalue weighted by atomic mass is 9.99. The molecule has 36 heavy (non-hydrogen) atoms. The fraction of sp³-hybridized carbons (Fsp3) is 0.522. The van der Waals surface area contributed by atoms with Crippen molar-refractivity contribution in [2.75, 3.05) is 25.6 Å². The SMILES string of the molecule is CC(=O)OC[C@H]1O[C@@H](S/C(=N\O)c2ccc(N(C)C)cc2)[C@H](OC(C)=O)[C@@H](OC(C)=O)[C@@H]1OC(C)=O. The van der Waals surface area contributed by atoms with E-state index in [1.54, 1.807) is 12.1 Å². The molecule has 0 spiro atoms. The Kier molecular flexibility index (Phi) is 10.5. The fourth-order valence-corrected chi connectivity index (χ4v) is 4.53. The highest BCUT2D eigenvalue weighted by Gasteiger charge is 2.52. The van der Waals surface area contributed by atoms with Gasteiger partial charge in [0.25, 0.3) is 0 Å². The highest BCUT2D eigenvalue weighted by molar-refractivity contribution is 8.14. The molecule has 0 bridgehead atoms. The van der Waals surface area contributed by atoms with E-state index < -0.39 is 53.7 Å². The van der Waals surface area contributed by atoms with Gasteiger partial charge >= 0.3 is 23.9 Å². The molecule has 198 valence electrons. The maximum Gasteiger partial charge on any atom is 0.303 e. The van der Waals surface area contributed by atoms with Gasteiger partial charge in [-0.05, 0) is 12.1 Å². The predicted octanol–water partition coefficient (Wildman–Crippen LogP) is 1.70. The molecule has 5 atom stereocenters. The van der Waals surface area contributed by atoms with E-state index in [4.69, 9.17) is 23.7 Å². The number of carbonyl (C=O) groups is 4. The number of benzene rings is 1. The Morgan fingerprint density at radius 3 is 1.89 bits per heavy atom. The molecule has 13 heteroatoms. The maximum absolute atomic E-state index is 12.0. The number of esters is 4. The summed E-state index contributed by atoms with van der Waals surface area (Å²) in [6, 6.07) is 7.08. The quantitative estimate of drug-likeness (QED) is 0.131. The Bertz CT molecular complexity index is 982. The summed E-state index contributed by atoms with van der Waals surface area (Å²) in [5, 5.41) is 13.2. The number of anilines is 1. The standard InChI is InChI=1S/C23H30N2O10S/c1-12(26)31-11-18-19(32-13(2)27)20(33-14(3)28)21(34-15(4)29)23(35-18)36-22(24-30)16-7-9-17(10-8-16)25(5)6/h7-10,18-21,23,30H,11H2,1-6H3/b24-22-/t18-,19-,20+,21-,23+/m1/s1. The van der Waals surface area contributed by atoms with Gasteiger partial charge in [-0.15, -0.1) is 0 Å². The summed E-state index contributed by atoms with van der Waals surface area (Å²) < 4.78 is 27.3. The first-order valence-corrected chi connectivity index (χ1v) is 11.8. The second kappa shape index (κ2) is 13.1. The molecule has 0 unspecified atom stereocenters. The van der Waals surface area contributed by atoms with Gasteiger partial charge in [-0.3, -0.25) is 19.2 Å². The molecule has 0 amide bonds. The minimum Gasteiger partial charge on any atom is -0.463 e. The highest BCUT2D eigenvalue weighted by Crippen LogP contribution is 2.36. The summed E-state index contributed by atoms with van der Waals surface area (Å²) in [6.07, 6.45) is -4.94. The molecule has 0 radical (unpaired) electrons. The first kappa shape index (κ1) is 28.9. The number of hydrogen-bond acceptors (Lipinski definition) is 13. The van der Waals surface area contributed by atoms with Crippen LogP contribution in [0.1, 0.15) is 33.3 Å². The molecule has 1 fully saturated rings. The molecule has 1 aliphatic rings. The Balaban J connectivity index is 2.47. The normalized spacial score (nSPS) is 23.8. The van der Waals surface area contributed by atoms with Crippen molar-refractivity contribution in [3.05, 3.63) is 29.8 Å². The van der Waals surface area contributed by atoms with E-state index in [0.717, 1.165) is 38.2 Å². The van der Waals surface area contributed by atoms with Gasteiger partial charge in [0.05, 0.1) is 0 Å². The van der Waals surface area contributed by atoms with Gasteiger partial charge in [-0.2, -0.15) is 0 Å². The summed E-state index contributed by atoms with van der Waals surface area (Å²) in [6.45, 7) is 4.27. The van der Waals surface area contributed by atoms with Crippen LogP contribution in [0.5, 0.6) is 0 Å². The Hall–Kier alpha value is -3.32. The van der Waals surface area contributed by atoms with Crippen molar-refractivity contribution >= 4 is 46.4 Å². The van der Waals surface area contributed by atoms with Crippen molar-refractivity contribution in [2.45, 2.75) is 57.5 Å². The van der Waals surface area contributed by atoms with E-state index >= 15 is 0 Å². The van der Waals surface area contributed by atoms with E-state index in [-0.39, 0.29) is 11.7 Å². The Morgan fingerprint density at radius 1 is 0.889 bits per heavy atom. The summed E-state index contributed by atoms with van der Waals surface area (Å²) in [5.41, 5.74) is 0.333. The van der Waals surface area contributed by atoms with Crippen LogP contribution in [0.25, 0.3) is 0 Å². The molecule has 1 heterocycles. The van der Waals surface area contributed by atoms with Crippen molar-refractivity contribution < 1.29 is 48.1 Å². The number of oxime groups is 1. The Labute approximate surface area is 212 Å². The highest BCUT2D eigenvalue weighted by atomic mass is 32.2. The zero-order valence-electron chi connectivity index (χ0n) is 20.8. The van der Waals surface area contributed by atoms with E-state index in [0.29, 0.717) is 5.56 Å². The molecule has 1 saturated heterocycles. The van der Waals surface area contributed by atoms with Crippen LogP contribution in [0.4, 0.5) is 5.69 Å². The van der Waals surface area contributed by atoms with Crippen LogP contribution in [-0.2, 0) is 42.9 Å². The molecule has 2 rings (SSSR count). The number of ether oxygens (including phenoxy) is 5. The zero-order chi connectivity index (χ0) is 27.0. The van der Waals surface area contributed by atoms with E-state index in [1.807, 2.05) is 31.1 Å². The average molecular weight is 527 g/mol. The van der Waals surface area contributed by atoms with Crippen molar-refractivity contribution in [3.63, 3.8) is 0 Å². The summed E-state index contributed by atoms with van der Waals surface area (Å²) in [5.74, 6) is -2.79. The second-order valence-corrected chi connectivity index (χ2v) is 9.12. The van der Waals surface area contributed by atoms with E-state index in [1.165, 1.54) is 6.92 Å². The lowest BCUT2D eigenvalue weighted by Gasteiger charge is -2.44. The minimum absolute atomic E-state index is 0.112. The lowest BCUT2D eigenvalue weighted by molar-refractivity contribution is -0.237. The largest absolute Gasteiger partial charge is 0.463 e. The van der Waals surface area contributed by atoms with Gasteiger partial charge in [0, 0.05) is 53.0 Å². The molecule has 1 N–H and O–H groups in total. The van der Waals surface area contributed by atoms with Gasteiger partial charge in [0.1, 0.15) is 17.8 Å². The first-order valence-electron chi connectivity index (χ1n) is 10.9. The van der Waals surface area contributed by atoms with Crippen LogP contribution in [0.15, 0.2) is 29.4 Å². The van der Waals surface area contributed by atoms with E-state index in [9.17, 15) is 24.4 Å². The van der Waals surface area contributed by atoms with Crippen molar-refractivity contribution in [1.29, 1.82) is 0 Å². The van der Waals surface area contributed by atoms with Crippen LogP contribution in [0.3, 0.4) is 0 Å². The van der Waals surface area contributed by atoms with Crippen molar-refractivity contribution in [2.24, 2.45) is 5.16 Å². The van der Waals surface area contributed by atoms with Crippen LogP contribution < -0.4 is 4.90 Å². The summed E-state index contributed by atoms with van der Waals surface area (Å²) in [4.78, 5) is 49.1. The lowest BCUT2D eigenvalue weighted by Crippen LogP contribution is -2.61. The van der Waals surface area contributed by atoms with Gasteiger partial charge in [-0.1, -0.05) is 29.1 Å². The van der Waals surface area contributed by atoms with Crippen LogP contribution in [0, 0.1) is 0 Å². The molecule has 0 aliphatic carbocycles. The third-order valence-corrected chi connectivity index (χ3v) is 6.05. The van der Waals surface area contributed by atoms with Crippen LogP contribution in [-0.4, -0.2) is 84.7 Å². The number of hydrogen-bond donors (Lipinski definition) is 1. The average Bonchev–Trinajstić information content (AvgIpc) is 2.78.